The molecule has 0 N–H and O–H groups in total. The number of hydrogen-bond acceptors (Lipinski definition) is 2. The normalized spacial score (nSPS) is 14.0. The molecule has 0 fully saturated rings. The SMILES string of the molecule is Brc1nc2c(nc1-c1ccccc1)-c1ccccc1C21c2ccccc2-c2ccccc21. The van der Waals surface area contributed by atoms with Gasteiger partial charge in [-0.15, -0.1) is 0 Å². The first-order chi connectivity index (χ1) is 15.8. The van der Waals surface area contributed by atoms with E-state index in [0.717, 1.165) is 32.8 Å². The van der Waals surface area contributed by atoms with E-state index in [4.69, 9.17) is 9.97 Å². The predicted octanol–water partition coefficient (Wildman–Crippen LogP) is 7.25. The fourth-order valence-electron chi connectivity index (χ4n) is 5.57. The summed E-state index contributed by atoms with van der Waals surface area (Å²) >= 11 is 3.77. The highest BCUT2D eigenvalue weighted by Crippen LogP contribution is 2.62. The topological polar surface area (TPSA) is 25.8 Å². The van der Waals surface area contributed by atoms with E-state index in [0.29, 0.717) is 0 Å². The smallest absolute Gasteiger partial charge is 0.132 e. The Bertz CT molecular complexity index is 1490. The van der Waals surface area contributed by atoms with Gasteiger partial charge in [0.1, 0.15) is 10.3 Å². The lowest BCUT2D eigenvalue weighted by atomic mass is 9.73. The van der Waals surface area contributed by atoms with E-state index in [1.54, 1.807) is 0 Å². The second-order valence-corrected chi connectivity index (χ2v) is 9.06. The number of halogens is 1. The molecule has 0 saturated carbocycles. The molecule has 4 aromatic carbocycles. The summed E-state index contributed by atoms with van der Waals surface area (Å²) in [6, 6.07) is 36.4. The molecule has 2 aliphatic rings. The fraction of sp³-hybridized carbons (Fsp3) is 0.0345. The molecule has 32 heavy (non-hydrogen) atoms. The summed E-state index contributed by atoms with van der Waals surface area (Å²) in [5.41, 5.74) is 11.0. The third kappa shape index (κ3) is 2.14. The molecule has 5 aromatic rings. The van der Waals surface area contributed by atoms with Crippen LogP contribution in [0.4, 0.5) is 0 Å². The molecule has 1 aromatic heterocycles. The highest BCUT2D eigenvalue weighted by molar-refractivity contribution is 9.10. The summed E-state index contributed by atoms with van der Waals surface area (Å²) in [6.07, 6.45) is 0. The van der Waals surface area contributed by atoms with Crippen LogP contribution in [0.15, 0.2) is 108 Å². The first-order valence-electron chi connectivity index (χ1n) is 10.7. The molecule has 1 spiro atoms. The van der Waals surface area contributed by atoms with Gasteiger partial charge in [-0.25, -0.2) is 9.97 Å². The largest absolute Gasteiger partial charge is 0.243 e. The Hall–Kier alpha value is -3.56. The van der Waals surface area contributed by atoms with Crippen LogP contribution < -0.4 is 0 Å². The van der Waals surface area contributed by atoms with Crippen molar-refractivity contribution < 1.29 is 0 Å². The van der Waals surface area contributed by atoms with Crippen LogP contribution in [0, 0.1) is 0 Å². The van der Waals surface area contributed by atoms with E-state index in [-0.39, 0.29) is 0 Å². The van der Waals surface area contributed by atoms with Crippen LogP contribution in [0.25, 0.3) is 33.6 Å². The van der Waals surface area contributed by atoms with Gasteiger partial charge in [0.15, 0.2) is 0 Å². The summed E-state index contributed by atoms with van der Waals surface area (Å²) < 4.78 is 0.775. The van der Waals surface area contributed by atoms with Gasteiger partial charge in [-0.2, -0.15) is 0 Å². The average Bonchev–Trinajstić information content (AvgIpc) is 3.31. The van der Waals surface area contributed by atoms with E-state index in [2.05, 4.69) is 101 Å². The quantitative estimate of drug-likeness (QED) is 0.251. The van der Waals surface area contributed by atoms with Crippen LogP contribution in [0.3, 0.4) is 0 Å². The second kappa shape index (κ2) is 6.47. The molecule has 0 bridgehead atoms. The number of aromatic nitrogens is 2. The molecule has 7 rings (SSSR count). The standard InChI is InChI=1S/C29H17BrN2/c30-28-25(18-10-2-1-3-11-18)31-26-21-14-6-9-17-24(21)29(27(26)32-28)22-15-7-4-12-19(22)20-13-5-8-16-23(20)29/h1-17H. The van der Waals surface area contributed by atoms with Crippen molar-refractivity contribution in [3.8, 4) is 33.6 Å². The van der Waals surface area contributed by atoms with Crippen molar-refractivity contribution in [3.05, 3.63) is 130 Å². The first-order valence-corrected chi connectivity index (χ1v) is 11.5. The van der Waals surface area contributed by atoms with Crippen molar-refractivity contribution in [2.24, 2.45) is 0 Å². The third-order valence-corrected chi connectivity index (χ3v) is 7.35. The summed E-state index contributed by atoms with van der Waals surface area (Å²) in [5.74, 6) is 0. The minimum Gasteiger partial charge on any atom is -0.243 e. The number of benzene rings is 4. The number of nitrogens with zero attached hydrogens (tertiary/aromatic N) is 2. The van der Waals surface area contributed by atoms with Crippen molar-refractivity contribution in [3.63, 3.8) is 0 Å². The van der Waals surface area contributed by atoms with Crippen LogP contribution in [-0.2, 0) is 5.41 Å². The van der Waals surface area contributed by atoms with E-state index >= 15 is 0 Å². The molecule has 0 unspecified atom stereocenters. The molecule has 0 atom stereocenters. The van der Waals surface area contributed by atoms with Crippen LogP contribution in [0.1, 0.15) is 22.4 Å². The summed E-state index contributed by atoms with van der Waals surface area (Å²) in [7, 11) is 0. The highest BCUT2D eigenvalue weighted by Gasteiger charge is 2.53. The zero-order valence-corrected chi connectivity index (χ0v) is 18.7. The zero-order valence-electron chi connectivity index (χ0n) is 17.1. The lowest BCUT2D eigenvalue weighted by Crippen LogP contribution is -2.27. The maximum Gasteiger partial charge on any atom is 0.132 e. The molecule has 0 radical (unpaired) electrons. The van der Waals surface area contributed by atoms with Crippen LogP contribution in [-0.4, -0.2) is 9.97 Å². The van der Waals surface area contributed by atoms with Crippen molar-refractivity contribution in [2.45, 2.75) is 5.41 Å². The van der Waals surface area contributed by atoms with Gasteiger partial charge in [0, 0.05) is 11.1 Å². The molecule has 150 valence electrons. The van der Waals surface area contributed by atoms with Crippen LogP contribution in [0.2, 0.25) is 0 Å². The molecule has 2 nitrogen and oxygen atoms in total. The van der Waals surface area contributed by atoms with Gasteiger partial charge in [0.25, 0.3) is 0 Å². The predicted molar refractivity (Wildman–Crippen MR) is 131 cm³/mol. The van der Waals surface area contributed by atoms with Crippen molar-refractivity contribution in [2.75, 3.05) is 0 Å². The average molecular weight is 473 g/mol. The van der Waals surface area contributed by atoms with E-state index < -0.39 is 5.41 Å². The zero-order chi connectivity index (χ0) is 21.3. The molecule has 2 aliphatic carbocycles. The minimum atomic E-state index is -0.455. The lowest BCUT2D eigenvalue weighted by molar-refractivity contribution is 0.753. The lowest BCUT2D eigenvalue weighted by Gasteiger charge is -2.29. The van der Waals surface area contributed by atoms with Gasteiger partial charge in [-0.1, -0.05) is 103 Å². The molecule has 1 heterocycles. The molecular weight excluding hydrogens is 456 g/mol. The summed E-state index contributed by atoms with van der Waals surface area (Å²) in [4.78, 5) is 10.5. The maximum atomic E-state index is 5.23. The van der Waals surface area contributed by atoms with Gasteiger partial charge in [0.05, 0.1) is 16.8 Å². The van der Waals surface area contributed by atoms with E-state index in [1.807, 2.05) is 18.2 Å². The van der Waals surface area contributed by atoms with E-state index in [1.165, 1.54) is 27.8 Å². The van der Waals surface area contributed by atoms with Gasteiger partial charge < -0.3 is 0 Å². The Morgan fingerprint density at radius 2 is 1.00 bits per heavy atom. The number of fused-ring (bicyclic) bond motifs is 10. The maximum absolute atomic E-state index is 5.23. The van der Waals surface area contributed by atoms with Crippen molar-refractivity contribution >= 4 is 15.9 Å². The van der Waals surface area contributed by atoms with E-state index in [9.17, 15) is 0 Å². The highest BCUT2D eigenvalue weighted by atomic mass is 79.9. The molecule has 0 aliphatic heterocycles. The van der Waals surface area contributed by atoms with Gasteiger partial charge in [-0.05, 0) is 43.7 Å². The molecule has 0 saturated heterocycles. The molecule has 3 heteroatoms. The Kier molecular flexibility index (Phi) is 3.65. The van der Waals surface area contributed by atoms with Gasteiger partial charge in [-0.3, -0.25) is 0 Å². The van der Waals surface area contributed by atoms with Gasteiger partial charge in [0.2, 0.25) is 0 Å². The Morgan fingerprint density at radius 3 is 1.62 bits per heavy atom. The number of hydrogen-bond donors (Lipinski definition) is 0. The Balaban J connectivity index is 1.64. The first kappa shape index (κ1) is 18.1. The van der Waals surface area contributed by atoms with Gasteiger partial charge >= 0.3 is 0 Å². The van der Waals surface area contributed by atoms with Crippen molar-refractivity contribution in [1.29, 1.82) is 0 Å². The second-order valence-electron chi connectivity index (χ2n) is 8.31. The number of rotatable bonds is 1. The molecular formula is C29H17BrN2. The summed E-state index contributed by atoms with van der Waals surface area (Å²) in [6.45, 7) is 0. The van der Waals surface area contributed by atoms with Crippen LogP contribution in [0.5, 0.6) is 0 Å². The minimum absolute atomic E-state index is 0.455. The monoisotopic (exact) mass is 472 g/mol. The Morgan fingerprint density at radius 1 is 0.500 bits per heavy atom. The van der Waals surface area contributed by atoms with Crippen LogP contribution >= 0.6 is 15.9 Å². The molecule has 0 amide bonds. The fourth-order valence-corrected chi connectivity index (χ4v) is 6.06. The van der Waals surface area contributed by atoms with Crippen molar-refractivity contribution in [1.82, 2.24) is 9.97 Å². The Labute approximate surface area is 194 Å². The summed E-state index contributed by atoms with van der Waals surface area (Å²) in [5, 5.41) is 0. The third-order valence-electron chi connectivity index (χ3n) is 6.79.